The first-order valence-corrected chi connectivity index (χ1v) is 11.1. The van der Waals surface area contributed by atoms with Crippen molar-refractivity contribution in [3.63, 3.8) is 0 Å². The van der Waals surface area contributed by atoms with Crippen molar-refractivity contribution in [2.75, 3.05) is 12.4 Å². The molecule has 0 fully saturated rings. The number of thioether (sulfide) groups is 1. The Balaban J connectivity index is 3.56. The topological polar surface area (TPSA) is 63.6 Å². The number of carbonyl (C=O) groups is 2. The Morgan fingerprint density at radius 2 is 1.36 bits per heavy atom. The smallest absolute Gasteiger partial charge is 0.335 e. The molecule has 0 saturated heterocycles. The standard InChI is InChI=1S/C20H38O4S/c1-3-5-7-9-11-13-15-24-20(23)18(21)17-19(22)25-16-14-12-10-8-6-4-2/h18,21H,3-17H2,1-2H3. The third-order valence-corrected chi connectivity index (χ3v) is 5.12. The summed E-state index contributed by atoms with van der Waals surface area (Å²) in [5.74, 6) is 0.104. The zero-order valence-electron chi connectivity index (χ0n) is 16.3. The fourth-order valence-electron chi connectivity index (χ4n) is 2.52. The highest BCUT2D eigenvalue weighted by molar-refractivity contribution is 8.13. The van der Waals surface area contributed by atoms with E-state index in [-0.39, 0.29) is 11.5 Å². The van der Waals surface area contributed by atoms with Crippen LogP contribution in [-0.4, -0.2) is 34.7 Å². The molecule has 0 aliphatic heterocycles. The highest BCUT2D eigenvalue weighted by Gasteiger charge is 2.20. The molecule has 0 amide bonds. The number of aliphatic hydroxyl groups is 1. The van der Waals surface area contributed by atoms with Crippen LogP contribution in [0.4, 0.5) is 0 Å². The molecule has 4 nitrogen and oxygen atoms in total. The number of rotatable bonds is 17. The Bertz CT molecular complexity index is 334. The lowest BCUT2D eigenvalue weighted by atomic mass is 10.1. The molecule has 0 saturated carbocycles. The van der Waals surface area contributed by atoms with Gasteiger partial charge in [0.05, 0.1) is 13.0 Å². The second-order valence-corrected chi connectivity index (χ2v) is 7.80. The molecule has 0 bridgehead atoms. The molecule has 148 valence electrons. The maximum Gasteiger partial charge on any atom is 0.335 e. The summed E-state index contributed by atoms with van der Waals surface area (Å²) >= 11 is 1.22. The Morgan fingerprint density at radius 3 is 1.96 bits per heavy atom. The fraction of sp³-hybridized carbons (Fsp3) is 0.900. The van der Waals surface area contributed by atoms with Crippen molar-refractivity contribution in [2.24, 2.45) is 0 Å². The first-order valence-electron chi connectivity index (χ1n) is 10.1. The van der Waals surface area contributed by atoms with Crippen LogP contribution >= 0.6 is 11.8 Å². The molecule has 0 radical (unpaired) electrons. The first-order chi connectivity index (χ1) is 12.1. The van der Waals surface area contributed by atoms with Gasteiger partial charge < -0.3 is 9.84 Å². The SMILES string of the molecule is CCCCCCCCOC(=O)C(O)CC(=O)SCCCCCCCC. The van der Waals surface area contributed by atoms with E-state index in [1.54, 1.807) is 0 Å². The van der Waals surface area contributed by atoms with Gasteiger partial charge in [0.2, 0.25) is 0 Å². The maximum atomic E-state index is 11.8. The minimum Gasteiger partial charge on any atom is -0.464 e. The van der Waals surface area contributed by atoms with E-state index in [2.05, 4.69) is 13.8 Å². The summed E-state index contributed by atoms with van der Waals surface area (Å²) in [7, 11) is 0. The van der Waals surface area contributed by atoms with Gasteiger partial charge >= 0.3 is 5.97 Å². The Hall–Kier alpha value is -0.550. The summed E-state index contributed by atoms with van der Waals surface area (Å²) in [6.45, 7) is 4.70. The van der Waals surface area contributed by atoms with Gasteiger partial charge in [-0.15, -0.1) is 0 Å². The minimum atomic E-state index is -1.32. The first kappa shape index (κ1) is 24.5. The molecular weight excluding hydrogens is 336 g/mol. The molecule has 0 heterocycles. The van der Waals surface area contributed by atoms with Crippen molar-refractivity contribution in [3.05, 3.63) is 0 Å². The summed E-state index contributed by atoms with van der Waals surface area (Å²) in [5, 5.41) is 9.62. The molecule has 0 aromatic carbocycles. The van der Waals surface area contributed by atoms with Crippen molar-refractivity contribution in [2.45, 2.75) is 103 Å². The third kappa shape index (κ3) is 16.7. The quantitative estimate of drug-likeness (QED) is 0.278. The van der Waals surface area contributed by atoms with E-state index in [9.17, 15) is 14.7 Å². The fourth-order valence-corrected chi connectivity index (χ4v) is 3.37. The predicted molar refractivity (Wildman–Crippen MR) is 106 cm³/mol. The van der Waals surface area contributed by atoms with Crippen LogP contribution in [0.2, 0.25) is 0 Å². The summed E-state index contributed by atoms with van der Waals surface area (Å²) in [6, 6.07) is 0. The van der Waals surface area contributed by atoms with Crippen LogP contribution in [0, 0.1) is 0 Å². The average molecular weight is 375 g/mol. The highest BCUT2D eigenvalue weighted by atomic mass is 32.2. The lowest BCUT2D eigenvalue weighted by Gasteiger charge is -2.10. The van der Waals surface area contributed by atoms with Gasteiger partial charge in [0.15, 0.2) is 11.2 Å². The number of hydrogen-bond donors (Lipinski definition) is 1. The van der Waals surface area contributed by atoms with E-state index < -0.39 is 12.1 Å². The molecule has 0 aromatic heterocycles. The zero-order valence-corrected chi connectivity index (χ0v) is 17.1. The van der Waals surface area contributed by atoms with Crippen LogP contribution in [0.25, 0.3) is 0 Å². The van der Waals surface area contributed by atoms with Gasteiger partial charge in [0.25, 0.3) is 0 Å². The van der Waals surface area contributed by atoms with Crippen molar-refractivity contribution in [1.29, 1.82) is 0 Å². The lowest BCUT2D eigenvalue weighted by molar-refractivity contribution is -0.154. The Morgan fingerprint density at radius 1 is 0.840 bits per heavy atom. The zero-order chi connectivity index (χ0) is 18.8. The van der Waals surface area contributed by atoms with Crippen LogP contribution in [0.5, 0.6) is 0 Å². The van der Waals surface area contributed by atoms with E-state index in [0.29, 0.717) is 6.61 Å². The summed E-state index contributed by atoms with van der Waals surface area (Å²) in [5.41, 5.74) is 0. The molecular formula is C20H38O4S. The lowest BCUT2D eigenvalue weighted by Crippen LogP contribution is -2.25. The summed E-state index contributed by atoms with van der Waals surface area (Å²) in [4.78, 5) is 23.4. The molecule has 5 heteroatoms. The van der Waals surface area contributed by atoms with Gasteiger partial charge in [-0.05, 0) is 12.8 Å². The van der Waals surface area contributed by atoms with Gasteiger partial charge in [0.1, 0.15) is 0 Å². The van der Waals surface area contributed by atoms with Gasteiger partial charge in [-0.3, -0.25) is 4.79 Å². The van der Waals surface area contributed by atoms with Crippen molar-refractivity contribution >= 4 is 22.8 Å². The molecule has 0 aromatic rings. The van der Waals surface area contributed by atoms with Crippen LogP contribution in [-0.2, 0) is 14.3 Å². The maximum absolute atomic E-state index is 11.8. The number of ether oxygens (including phenoxy) is 1. The average Bonchev–Trinajstić information content (AvgIpc) is 2.59. The van der Waals surface area contributed by atoms with Gasteiger partial charge in [-0.1, -0.05) is 89.8 Å². The number of aliphatic hydroxyl groups excluding tert-OH is 1. The largest absolute Gasteiger partial charge is 0.464 e. The number of unbranched alkanes of at least 4 members (excludes halogenated alkanes) is 10. The van der Waals surface area contributed by atoms with Crippen LogP contribution < -0.4 is 0 Å². The molecule has 1 N–H and O–H groups in total. The van der Waals surface area contributed by atoms with Gasteiger partial charge in [-0.2, -0.15) is 0 Å². The molecule has 1 atom stereocenters. The molecule has 1 unspecified atom stereocenters. The number of esters is 1. The number of hydrogen-bond acceptors (Lipinski definition) is 5. The van der Waals surface area contributed by atoms with Crippen LogP contribution in [0.1, 0.15) is 97.3 Å². The Kier molecular flexibility index (Phi) is 17.8. The number of carbonyl (C=O) groups excluding carboxylic acids is 2. The van der Waals surface area contributed by atoms with E-state index >= 15 is 0 Å². The van der Waals surface area contributed by atoms with Crippen molar-refractivity contribution in [1.82, 2.24) is 0 Å². The van der Waals surface area contributed by atoms with E-state index in [4.69, 9.17) is 4.74 Å². The summed E-state index contributed by atoms with van der Waals surface area (Å²) < 4.78 is 5.04. The second kappa shape index (κ2) is 18.2. The van der Waals surface area contributed by atoms with Crippen LogP contribution in [0.15, 0.2) is 0 Å². The summed E-state index contributed by atoms with van der Waals surface area (Å²) in [6.07, 6.45) is 12.4. The minimum absolute atomic E-state index is 0.127. The third-order valence-electron chi connectivity index (χ3n) is 4.14. The second-order valence-electron chi connectivity index (χ2n) is 6.64. The molecule has 0 aliphatic carbocycles. The normalized spacial score (nSPS) is 12.1. The highest BCUT2D eigenvalue weighted by Crippen LogP contribution is 2.13. The van der Waals surface area contributed by atoms with E-state index in [0.717, 1.165) is 37.9 Å². The van der Waals surface area contributed by atoms with Crippen LogP contribution in [0.3, 0.4) is 0 Å². The van der Waals surface area contributed by atoms with Crippen molar-refractivity contribution < 1.29 is 19.4 Å². The molecule has 0 rings (SSSR count). The molecule has 0 aliphatic rings. The molecule has 25 heavy (non-hydrogen) atoms. The Labute approximate surface area is 158 Å². The van der Waals surface area contributed by atoms with Gasteiger partial charge in [0, 0.05) is 5.75 Å². The monoisotopic (exact) mass is 374 g/mol. The van der Waals surface area contributed by atoms with E-state index in [1.807, 2.05) is 0 Å². The van der Waals surface area contributed by atoms with Gasteiger partial charge in [-0.25, -0.2) is 4.79 Å². The predicted octanol–water partition coefficient (Wildman–Crippen LogP) is 5.26. The van der Waals surface area contributed by atoms with Crippen molar-refractivity contribution in [3.8, 4) is 0 Å². The van der Waals surface area contributed by atoms with E-state index in [1.165, 1.54) is 56.7 Å². The molecule has 0 spiro atoms.